The maximum Gasteiger partial charge on any atom is 0.368 e. The number of benzene rings is 2. The Hall–Kier alpha value is -2.32. The summed E-state index contributed by atoms with van der Waals surface area (Å²) >= 11 is 3.38. The largest absolute Gasteiger partial charge is 0.368 e. The summed E-state index contributed by atoms with van der Waals surface area (Å²) in [6.07, 6.45) is 5.36. The van der Waals surface area contributed by atoms with Gasteiger partial charge in [0.1, 0.15) is 4.38 Å². The van der Waals surface area contributed by atoms with Gasteiger partial charge in [0.25, 0.3) is 0 Å². The molecule has 1 aromatic heterocycles. The first kappa shape index (κ1) is 22.4. The van der Waals surface area contributed by atoms with Crippen molar-refractivity contribution in [1.29, 1.82) is 0 Å². The third-order valence-electron chi connectivity index (χ3n) is 4.81. The van der Waals surface area contributed by atoms with Crippen LogP contribution in [0.25, 0.3) is 5.69 Å². The van der Waals surface area contributed by atoms with Crippen molar-refractivity contribution in [2.24, 2.45) is 12.0 Å². The highest BCUT2D eigenvalue weighted by molar-refractivity contribution is 8.38. The average molecular weight is 442 g/mol. The van der Waals surface area contributed by atoms with Gasteiger partial charge < -0.3 is 0 Å². The van der Waals surface area contributed by atoms with Crippen LogP contribution in [0.4, 0.5) is 0 Å². The maximum atomic E-state index is 12.3. The SMILES string of the molecule is CS/C(=N/CCCCc1ccccc1)SCc1c(C)cccc1-n1nnn(C)c1=O. The summed E-state index contributed by atoms with van der Waals surface area (Å²) in [7, 11) is 1.60. The Morgan fingerprint density at radius 3 is 2.57 bits per heavy atom. The lowest BCUT2D eigenvalue weighted by molar-refractivity contribution is 0.692. The van der Waals surface area contributed by atoms with E-state index in [1.807, 2.05) is 12.1 Å². The van der Waals surface area contributed by atoms with Crippen molar-refractivity contribution in [1.82, 2.24) is 19.8 Å². The molecule has 3 aromatic rings. The molecule has 0 atom stereocenters. The first-order valence-electron chi connectivity index (χ1n) is 9.93. The quantitative estimate of drug-likeness (QED) is 0.297. The van der Waals surface area contributed by atoms with E-state index in [-0.39, 0.29) is 5.69 Å². The van der Waals surface area contributed by atoms with Crippen LogP contribution in [-0.4, -0.2) is 37.0 Å². The molecule has 0 fully saturated rings. The number of aromatic nitrogens is 4. The highest BCUT2D eigenvalue weighted by Gasteiger charge is 2.14. The van der Waals surface area contributed by atoms with Crippen LogP contribution in [0.15, 0.2) is 58.3 Å². The minimum atomic E-state index is -0.246. The van der Waals surface area contributed by atoms with E-state index in [0.717, 1.165) is 52.8 Å². The number of thioether (sulfide) groups is 2. The fraction of sp³-hybridized carbons (Fsp3) is 0.364. The van der Waals surface area contributed by atoms with Gasteiger partial charge >= 0.3 is 5.69 Å². The van der Waals surface area contributed by atoms with E-state index in [1.54, 1.807) is 30.6 Å². The normalized spacial score (nSPS) is 11.8. The Labute approximate surface area is 185 Å². The van der Waals surface area contributed by atoms with Gasteiger partial charge in [-0.25, -0.2) is 4.79 Å². The highest BCUT2D eigenvalue weighted by atomic mass is 32.2. The Morgan fingerprint density at radius 2 is 1.87 bits per heavy atom. The van der Waals surface area contributed by atoms with Crippen molar-refractivity contribution in [2.45, 2.75) is 31.9 Å². The van der Waals surface area contributed by atoms with Gasteiger partial charge in [-0.3, -0.25) is 4.99 Å². The number of hydrogen-bond donors (Lipinski definition) is 0. The lowest BCUT2D eigenvalue weighted by Gasteiger charge is -2.11. The van der Waals surface area contributed by atoms with Gasteiger partial charge in [-0.2, -0.15) is 9.36 Å². The van der Waals surface area contributed by atoms with Crippen molar-refractivity contribution >= 4 is 27.9 Å². The fourth-order valence-electron chi connectivity index (χ4n) is 3.10. The summed E-state index contributed by atoms with van der Waals surface area (Å²) in [5.41, 5.74) is 4.12. The second-order valence-corrected chi connectivity index (χ2v) is 8.97. The number of nitrogens with zero attached hydrogens (tertiary/aromatic N) is 5. The van der Waals surface area contributed by atoms with Gasteiger partial charge in [0.15, 0.2) is 0 Å². The number of rotatable bonds is 8. The third-order valence-corrected chi connectivity index (χ3v) is 6.95. The summed E-state index contributed by atoms with van der Waals surface area (Å²) in [6, 6.07) is 16.5. The molecule has 0 aliphatic heterocycles. The molecule has 0 amide bonds. The molecule has 2 aromatic carbocycles. The van der Waals surface area contributed by atoms with Crippen LogP contribution in [0, 0.1) is 6.92 Å². The van der Waals surface area contributed by atoms with Crippen LogP contribution < -0.4 is 5.69 Å². The lowest BCUT2D eigenvalue weighted by Crippen LogP contribution is -2.23. The number of unbranched alkanes of at least 4 members (excludes halogenated alkanes) is 1. The molecule has 30 heavy (non-hydrogen) atoms. The van der Waals surface area contributed by atoms with Crippen molar-refractivity contribution in [3.63, 3.8) is 0 Å². The van der Waals surface area contributed by atoms with Crippen LogP contribution in [-0.2, 0) is 19.2 Å². The number of aliphatic imine (C=N–C) groups is 1. The fourth-order valence-corrected chi connectivity index (χ4v) is 4.79. The number of aryl methyl sites for hydroxylation is 3. The molecule has 3 rings (SSSR count). The second-order valence-electron chi connectivity index (χ2n) is 6.95. The van der Waals surface area contributed by atoms with Gasteiger partial charge in [-0.15, -0.1) is 11.8 Å². The molecule has 8 heteroatoms. The van der Waals surface area contributed by atoms with Gasteiger partial charge in [0.2, 0.25) is 0 Å². The molecule has 6 nitrogen and oxygen atoms in total. The molecule has 0 N–H and O–H groups in total. The summed E-state index contributed by atoms with van der Waals surface area (Å²) in [4.78, 5) is 17.1. The zero-order chi connectivity index (χ0) is 21.3. The zero-order valence-corrected chi connectivity index (χ0v) is 19.2. The highest BCUT2D eigenvalue weighted by Crippen LogP contribution is 2.26. The molecule has 158 valence electrons. The van der Waals surface area contributed by atoms with Crippen molar-refractivity contribution in [3.05, 3.63) is 75.7 Å². The van der Waals surface area contributed by atoms with Crippen LogP contribution in [0.3, 0.4) is 0 Å². The minimum absolute atomic E-state index is 0.246. The van der Waals surface area contributed by atoms with E-state index in [9.17, 15) is 4.79 Å². The Kier molecular flexibility index (Phi) is 8.33. The van der Waals surface area contributed by atoms with Crippen molar-refractivity contribution < 1.29 is 0 Å². The Bertz CT molecular complexity index is 1040. The van der Waals surface area contributed by atoms with Gasteiger partial charge in [-0.1, -0.05) is 54.2 Å². The van der Waals surface area contributed by atoms with E-state index in [4.69, 9.17) is 4.99 Å². The van der Waals surface area contributed by atoms with E-state index in [2.05, 4.69) is 60.0 Å². The molecule has 0 unspecified atom stereocenters. The molecule has 0 saturated heterocycles. The van der Waals surface area contributed by atoms with E-state index >= 15 is 0 Å². The summed E-state index contributed by atoms with van der Waals surface area (Å²) in [5, 5.41) is 7.84. The molecule has 0 spiro atoms. The molecule has 0 radical (unpaired) electrons. The molecular weight excluding hydrogens is 414 g/mol. The van der Waals surface area contributed by atoms with E-state index < -0.39 is 0 Å². The van der Waals surface area contributed by atoms with Gasteiger partial charge in [0.05, 0.1) is 5.69 Å². The monoisotopic (exact) mass is 441 g/mol. The van der Waals surface area contributed by atoms with Crippen LogP contribution in [0.5, 0.6) is 0 Å². The van der Waals surface area contributed by atoms with E-state index in [0.29, 0.717) is 0 Å². The second kappa shape index (κ2) is 11.2. The molecule has 0 aliphatic rings. The third kappa shape index (κ3) is 5.86. The van der Waals surface area contributed by atoms with Crippen LogP contribution in [0.1, 0.15) is 29.5 Å². The lowest BCUT2D eigenvalue weighted by atomic mass is 10.1. The Morgan fingerprint density at radius 1 is 1.07 bits per heavy atom. The number of tetrazole rings is 1. The predicted octanol–water partition coefficient (Wildman–Crippen LogP) is 4.25. The van der Waals surface area contributed by atoms with Gasteiger partial charge in [0, 0.05) is 19.3 Å². The van der Waals surface area contributed by atoms with Crippen LogP contribution >= 0.6 is 23.5 Å². The predicted molar refractivity (Wildman–Crippen MR) is 128 cm³/mol. The average Bonchev–Trinajstić information content (AvgIpc) is 3.09. The molecule has 1 heterocycles. The van der Waals surface area contributed by atoms with Crippen molar-refractivity contribution in [3.8, 4) is 5.69 Å². The van der Waals surface area contributed by atoms with E-state index in [1.165, 1.54) is 14.9 Å². The summed E-state index contributed by atoms with van der Waals surface area (Å²) in [5.74, 6) is 0.731. The smallest absolute Gasteiger partial charge is 0.272 e. The van der Waals surface area contributed by atoms with Crippen molar-refractivity contribution in [2.75, 3.05) is 12.8 Å². The van der Waals surface area contributed by atoms with Gasteiger partial charge in [-0.05, 0) is 65.6 Å². The first-order valence-corrected chi connectivity index (χ1v) is 12.1. The first-order chi connectivity index (χ1) is 14.6. The number of hydrogen-bond acceptors (Lipinski definition) is 6. The Balaban J connectivity index is 1.60. The standard InChI is InChI=1S/C22H27N5OS2/c1-17-10-9-14-20(27-22(28)26(2)24-25-27)19(17)16-30-21(29-3)23-15-8-7-13-18-11-5-4-6-12-18/h4-6,9-12,14H,7-8,13,15-16H2,1-3H3/b23-21-. The molecular formula is C22H27N5OS2. The maximum absolute atomic E-state index is 12.3. The van der Waals surface area contributed by atoms with Crippen LogP contribution in [0.2, 0.25) is 0 Å². The topological polar surface area (TPSA) is 65.1 Å². The summed E-state index contributed by atoms with van der Waals surface area (Å²) < 4.78 is 3.67. The summed E-state index contributed by atoms with van der Waals surface area (Å²) in [6.45, 7) is 2.89. The molecule has 0 saturated carbocycles. The molecule has 0 bridgehead atoms. The zero-order valence-electron chi connectivity index (χ0n) is 17.6. The molecule has 0 aliphatic carbocycles. The minimum Gasteiger partial charge on any atom is -0.272 e.